The lowest BCUT2D eigenvalue weighted by Crippen LogP contribution is -2.61. The summed E-state index contributed by atoms with van der Waals surface area (Å²) in [6.45, 7) is 1.22. The van der Waals surface area contributed by atoms with Crippen molar-refractivity contribution in [1.29, 1.82) is 0 Å². The molecule has 2 amide bonds. The normalized spacial score (nSPS) is 22.2. The first-order valence-corrected chi connectivity index (χ1v) is 8.37. The molecule has 0 saturated carbocycles. The maximum absolute atomic E-state index is 14.4. The molecule has 0 aliphatic carbocycles. The van der Waals surface area contributed by atoms with Crippen molar-refractivity contribution in [2.75, 3.05) is 7.05 Å². The first kappa shape index (κ1) is 18.8. The zero-order valence-electron chi connectivity index (χ0n) is 14.7. The summed E-state index contributed by atoms with van der Waals surface area (Å²) in [6, 6.07) is 3.65. The number of carbonyl (C=O) groups is 3. The first-order chi connectivity index (χ1) is 12.8. The highest BCUT2D eigenvalue weighted by molar-refractivity contribution is 6.06. The molecule has 1 aromatic rings. The van der Waals surface area contributed by atoms with Crippen molar-refractivity contribution in [3.8, 4) is 0 Å². The van der Waals surface area contributed by atoms with E-state index in [-0.39, 0.29) is 24.3 Å². The Bertz CT molecular complexity index is 850. The maximum atomic E-state index is 14.4. The average molecular weight is 378 g/mol. The molecule has 3 atom stereocenters. The first-order valence-electron chi connectivity index (χ1n) is 8.37. The Morgan fingerprint density at radius 1 is 1.44 bits per heavy atom. The van der Waals surface area contributed by atoms with Crippen LogP contribution in [-0.2, 0) is 20.9 Å². The molecule has 27 heavy (non-hydrogen) atoms. The predicted molar refractivity (Wildman–Crippen MR) is 90.6 cm³/mol. The Morgan fingerprint density at radius 3 is 2.70 bits per heavy atom. The lowest BCUT2D eigenvalue weighted by Gasteiger charge is -2.44. The third kappa shape index (κ3) is 3.14. The summed E-state index contributed by atoms with van der Waals surface area (Å²) < 4.78 is 19.2. The molecule has 3 rings (SSSR count). The van der Waals surface area contributed by atoms with Crippen molar-refractivity contribution in [1.82, 2.24) is 10.2 Å². The zero-order valence-corrected chi connectivity index (χ0v) is 14.7. The van der Waals surface area contributed by atoms with Gasteiger partial charge in [-0.1, -0.05) is 12.1 Å². The summed E-state index contributed by atoms with van der Waals surface area (Å²) in [5, 5.41) is 21.5. The summed E-state index contributed by atoms with van der Waals surface area (Å²) in [5.74, 6) is -3.04. The van der Waals surface area contributed by atoms with Crippen LogP contribution in [0.2, 0.25) is 0 Å². The van der Waals surface area contributed by atoms with Gasteiger partial charge >= 0.3 is 12.1 Å². The number of halogens is 1. The van der Waals surface area contributed by atoms with E-state index in [4.69, 9.17) is 4.74 Å². The number of alkyl carbamates (subject to hydrolysis) is 1. The number of aliphatic hydroxyl groups is 1. The highest BCUT2D eigenvalue weighted by Crippen LogP contribution is 2.47. The monoisotopic (exact) mass is 378 g/mol. The molecule has 0 unspecified atom stereocenters. The Balaban J connectivity index is 1.89. The number of carboxylic acids is 1. The fraction of sp³-hybridized carbons (Fsp3) is 0.389. The Morgan fingerprint density at radius 2 is 2.15 bits per heavy atom. The third-order valence-electron chi connectivity index (χ3n) is 4.90. The fourth-order valence-electron chi connectivity index (χ4n) is 3.59. The topological polar surface area (TPSA) is 116 Å². The standard InChI is InChI=1S/C18H19FN2O6/c1-8(22)14-13-6-11(15(17(24)25)21(13)16(14)23)9-3-4-10(12(19)5-9)7-27-18(26)20-2/h3-5,8,13-14,22H,6-7H2,1-2H3,(H,20,26)(H,24,25)/t8-,13-,14-/m1/s1. The van der Waals surface area contributed by atoms with Crippen molar-refractivity contribution < 1.29 is 33.7 Å². The molecule has 2 aliphatic rings. The Labute approximate surface area is 154 Å². The number of benzene rings is 1. The molecule has 0 aromatic heterocycles. The van der Waals surface area contributed by atoms with E-state index in [2.05, 4.69) is 5.32 Å². The van der Waals surface area contributed by atoms with Crippen LogP contribution in [0.5, 0.6) is 0 Å². The van der Waals surface area contributed by atoms with Crippen LogP contribution in [0.3, 0.4) is 0 Å². The highest BCUT2D eigenvalue weighted by Gasteiger charge is 2.56. The van der Waals surface area contributed by atoms with E-state index in [0.29, 0.717) is 11.1 Å². The van der Waals surface area contributed by atoms with E-state index in [9.17, 15) is 29.0 Å². The largest absolute Gasteiger partial charge is 0.477 e. The second-order valence-electron chi connectivity index (χ2n) is 6.51. The molecule has 1 aromatic carbocycles. The van der Waals surface area contributed by atoms with Gasteiger partial charge in [0, 0.05) is 12.6 Å². The minimum absolute atomic E-state index is 0.138. The third-order valence-corrected chi connectivity index (χ3v) is 4.90. The summed E-state index contributed by atoms with van der Waals surface area (Å²) >= 11 is 0. The molecule has 3 N–H and O–H groups in total. The number of nitrogens with one attached hydrogen (secondary N) is 1. The molecule has 0 radical (unpaired) electrons. The highest BCUT2D eigenvalue weighted by atomic mass is 19.1. The van der Waals surface area contributed by atoms with Crippen LogP contribution in [0.15, 0.2) is 23.9 Å². The molecule has 2 aliphatic heterocycles. The van der Waals surface area contributed by atoms with Crippen LogP contribution in [0.4, 0.5) is 9.18 Å². The second kappa shape index (κ2) is 6.99. The number of carboxylic acid groups (broad SMARTS) is 1. The Hall–Kier alpha value is -2.94. The van der Waals surface area contributed by atoms with Gasteiger partial charge in [0.2, 0.25) is 5.91 Å². The molecule has 2 heterocycles. The van der Waals surface area contributed by atoms with Crippen LogP contribution in [0.25, 0.3) is 5.57 Å². The summed E-state index contributed by atoms with van der Waals surface area (Å²) in [4.78, 5) is 36.2. The van der Waals surface area contributed by atoms with Crippen molar-refractivity contribution in [2.24, 2.45) is 5.92 Å². The van der Waals surface area contributed by atoms with E-state index in [1.807, 2.05) is 0 Å². The lowest BCUT2D eigenvalue weighted by atomic mass is 9.82. The van der Waals surface area contributed by atoms with Gasteiger partial charge in [-0.05, 0) is 30.5 Å². The van der Waals surface area contributed by atoms with Crippen LogP contribution in [0, 0.1) is 11.7 Å². The molecule has 0 bridgehead atoms. The van der Waals surface area contributed by atoms with E-state index < -0.39 is 41.9 Å². The minimum atomic E-state index is -1.28. The zero-order chi connectivity index (χ0) is 19.9. The van der Waals surface area contributed by atoms with Gasteiger partial charge in [-0.2, -0.15) is 0 Å². The number of carbonyl (C=O) groups excluding carboxylic acids is 2. The SMILES string of the molecule is CNC(=O)OCc1ccc(C2=C(C(=O)O)N3C(=O)[C@H]([C@@H](C)O)[C@H]3C2)cc1F. The smallest absolute Gasteiger partial charge is 0.407 e. The van der Waals surface area contributed by atoms with Gasteiger partial charge < -0.3 is 25.2 Å². The molecular formula is C18H19FN2O6. The average Bonchev–Trinajstić information content (AvgIpc) is 2.95. The molecule has 144 valence electrons. The van der Waals surface area contributed by atoms with Gasteiger partial charge in [-0.25, -0.2) is 14.0 Å². The lowest BCUT2D eigenvalue weighted by molar-refractivity contribution is -0.161. The van der Waals surface area contributed by atoms with Gasteiger partial charge in [0.15, 0.2) is 0 Å². The summed E-state index contributed by atoms with van der Waals surface area (Å²) in [5.41, 5.74) is 0.622. The van der Waals surface area contributed by atoms with Gasteiger partial charge in [0.25, 0.3) is 0 Å². The summed E-state index contributed by atoms with van der Waals surface area (Å²) in [7, 11) is 1.38. The predicted octanol–water partition coefficient (Wildman–Crippen LogP) is 1.09. The molecule has 8 nitrogen and oxygen atoms in total. The summed E-state index contributed by atoms with van der Waals surface area (Å²) in [6.07, 6.45) is -1.37. The van der Waals surface area contributed by atoms with E-state index >= 15 is 0 Å². The number of rotatable bonds is 5. The van der Waals surface area contributed by atoms with Crippen LogP contribution < -0.4 is 5.32 Å². The van der Waals surface area contributed by atoms with E-state index in [1.165, 1.54) is 26.1 Å². The molecular weight excluding hydrogens is 359 g/mol. The number of nitrogens with zero attached hydrogens (tertiary/aromatic N) is 1. The molecule has 1 saturated heterocycles. The maximum Gasteiger partial charge on any atom is 0.407 e. The van der Waals surface area contributed by atoms with Crippen molar-refractivity contribution >= 4 is 23.5 Å². The van der Waals surface area contributed by atoms with Crippen molar-refractivity contribution in [2.45, 2.75) is 32.1 Å². The van der Waals surface area contributed by atoms with Gasteiger partial charge in [0.05, 0.1) is 18.1 Å². The number of β-lactam (4-membered cyclic amide) rings is 1. The van der Waals surface area contributed by atoms with Crippen molar-refractivity contribution in [3.05, 3.63) is 40.8 Å². The number of aliphatic hydroxyl groups excluding tert-OH is 1. The van der Waals surface area contributed by atoms with Gasteiger partial charge in [-0.3, -0.25) is 4.79 Å². The van der Waals surface area contributed by atoms with Gasteiger partial charge in [-0.15, -0.1) is 0 Å². The molecule has 9 heteroatoms. The number of ether oxygens (including phenoxy) is 1. The van der Waals surface area contributed by atoms with Gasteiger partial charge in [0.1, 0.15) is 18.1 Å². The number of amides is 2. The quantitative estimate of drug-likeness (QED) is 0.661. The molecule has 1 fully saturated rings. The van der Waals surface area contributed by atoms with E-state index in [1.54, 1.807) is 0 Å². The second-order valence-corrected chi connectivity index (χ2v) is 6.51. The Kier molecular flexibility index (Phi) is 4.88. The fourth-order valence-corrected chi connectivity index (χ4v) is 3.59. The van der Waals surface area contributed by atoms with Crippen LogP contribution in [0.1, 0.15) is 24.5 Å². The number of hydrogen-bond acceptors (Lipinski definition) is 5. The van der Waals surface area contributed by atoms with Crippen LogP contribution >= 0.6 is 0 Å². The number of hydrogen-bond donors (Lipinski definition) is 3. The minimum Gasteiger partial charge on any atom is -0.477 e. The van der Waals surface area contributed by atoms with Crippen molar-refractivity contribution in [3.63, 3.8) is 0 Å². The molecule has 0 spiro atoms. The van der Waals surface area contributed by atoms with E-state index in [0.717, 1.165) is 11.0 Å². The number of aliphatic carboxylic acids is 1. The number of fused-ring (bicyclic) bond motifs is 1. The van der Waals surface area contributed by atoms with Crippen LogP contribution in [-0.4, -0.2) is 52.3 Å².